The van der Waals surface area contributed by atoms with Crippen LogP contribution >= 0.6 is 11.8 Å². The first kappa shape index (κ1) is 32.1. The molecule has 0 aliphatic carbocycles. The van der Waals surface area contributed by atoms with E-state index in [9.17, 15) is 24.3 Å². The van der Waals surface area contributed by atoms with Crippen molar-refractivity contribution in [2.45, 2.75) is 90.4 Å². The van der Waals surface area contributed by atoms with Crippen LogP contribution in [0.25, 0.3) is 0 Å². The zero-order valence-electron chi connectivity index (χ0n) is 21.3. The van der Waals surface area contributed by atoms with E-state index in [1.54, 1.807) is 0 Å². The number of hydrogen-bond donors (Lipinski definition) is 6. The van der Waals surface area contributed by atoms with Gasteiger partial charge in [-0.05, 0) is 68.9 Å². The summed E-state index contributed by atoms with van der Waals surface area (Å²) in [4.78, 5) is 50.1. The normalized spacial score (nSPS) is 14.9. The molecule has 0 aliphatic heterocycles. The summed E-state index contributed by atoms with van der Waals surface area (Å²) in [6.07, 6.45) is 4.58. The molecule has 0 aromatic rings. The lowest BCUT2D eigenvalue weighted by atomic mass is 10.0. The van der Waals surface area contributed by atoms with Gasteiger partial charge in [-0.3, -0.25) is 14.4 Å². The van der Waals surface area contributed by atoms with Crippen LogP contribution in [-0.2, 0) is 19.2 Å². The monoisotopic (exact) mass is 503 g/mol. The van der Waals surface area contributed by atoms with Gasteiger partial charge in [-0.2, -0.15) is 11.8 Å². The standard InChI is InChI=1S/C23H45N5O5S/c1-14(2)12-16(25)20(29)26-17(8-6-7-10-24)21(30)28-19(13-15(3)4)22(31)27-18(23(32)33)9-11-34-5/h14-19H,6-13,24-25H2,1-5H3,(H,26,29)(H,27,31)(H,28,30)(H,32,33). The van der Waals surface area contributed by atoms with Crippen LogP contribution in [0.4, 0.5) is 0 Å². The molecule has 0 aliphatic rings. The van der Waals surface area contributed by atoms with Gasteiger partial charge in [0.25, 0.3) is 0 Å². The van der Waals surface area contributed by atoms with Gasteiger partial charge in [0.15, 0.2) is 0 Å². The van der Waals surface area contributed by atoms with E-state index in [1.807, 2.05) is 34.0 Å². The van der Waals surface area contributed by atoms with Crippen molar-refractivity contribution in [3.05, 3.63) is 0 Å². The Morgan fingerprint density at radius 2 is 1.32 bits per heavy atom. The molecular formula is C23H45N5O5S. The van der Waals surface area contributed by atoms with Gasteiger partial charge < -0.3 is 32.5 Å². The van der Waals surface area contributed by atoms with E-state index in [1.165, 1.54) is 11.8 Å². The van der Waals surface area contributed by atoms with Crippen molar-refractivity contribution < 1.29 is 24.3 Å². The number of rotatable bonds is 18. The van der Waals surface area contributed by atoms with Crippen LogP contribution < -0.4 is 27.4 Å². The van der Waals surface area contributed by atoms with Gasteiger partial charge in [-0.1, -0.05) is 27.7 Å². The van der Waals surface area contributed by atoms with Crippen LogP contribution in [0, 0.1) is 11.8 Å². The lowest BCUT2D eigenvalue weighted by molar-refractivity contribution is -0.142. The van der Waals surface area contributed by atoms with E-state index in [0.29, 0.717) is 44.4 Å². The number of hydrogen-bond acceptors (Lipinski definition) is 7. The van der Waals surface area contributed by atoms with Crippen molar-refractivity contribution in [1.82, 2.24) is 16.0 Å². The molecule has 11 heteroatoms. The number of nitrogens with two attached hydrogens (primary N) is 2. The minimum Gasteiger partial charge on any atom is -0.480 e. The number of nitrogens with one attached hydrogen (secondary N) is 3. The maximum absolute atomic E-state index is 13.1. The highest BCUT2D eigenvalue weighted by Gasteiger charge is 2.30. The lowest BCUT2D eigenvalue weighted by Crippen LogP contribution is -2.57. The minimum absolute atomic E-state index is 0.0651. The molecule has 4 atom stereocenters. The number of carboxylic acids is 1. The first-order valence-electron chi connectivity index (χ1n) is 12.0. The van der Waals surface area contributed by atoms with Crippen LogP contribution in [0.1, 0.15) is 66.2 Å². The van der Waals surface area contributed by atoms with E-state index in [2.05, 4.69) is 16.0 Å². The average molecular weight is 504 g/mol. The fourth-order valence-electron chi connectivity index (χ4n) is 3.40. The Kier molecular flexibility index (Phi) is 16.6. The molecule has 0 aromatic heterocycles. The molecule has 4 unspecified atom stereocenters. The van der Waals surface area contributed by atoms with Crippen molar-refractivity contribution in [3.63, 3.8) is 0 Å². The summed E-state index contributed by atoms with van der Waals surface area (Å²) >= 11 is 1.49. The Hall–Kier alpha value is -1.85. The Labute approximate surface area is 208 Å². The van der Waals surface area contributed by atoms with E-state index < -0.39 is 47.9 Å². The number of carbonyl (C=O) groups is 4. The molecule has 0 fully saturated rings. The van der Waals surface area contributed by atoms with Crippen molar-refractivity contribution in [2.24, 2.45) is 23.3 Å². The predicted octanol–water partition coefficient (Wildman–Crippen LogP) is 0.827. The largest absolute Gasteiger partial charge is 0.480 e. The predicted molar refractivity (Wildman–Crippen MR) is 136 cm³/mol. The highest BCUT2D eigenvalue weighted by atomic mass is 32.2. The van der Waals surface area contributed by atoms with Gasteiger partial charge in [0.2, 0.25) is 17.7 Å². The van der Waals surface area contributed by atoms with Crippen molar-refractivity contribution in [1.29, 1.82) is 0 Å². The number of aliphatic carboxylic acids is 1. The first-order chi connectivity index (χ1) is 15.9. The van der Waals surface area contributed by atoms with Gasteiger partial charge in [0.1, 0.15) is 18.1 Å². The summed E-state index contributed by atoms with van der Waals surface area (Å²) in [5, 5.41) is 17.4. The molecule has 0 saturated carbocycles. The number of carbonyl (C=O) groups excluding carboxylic acids is 3. The highest BCUT2D eigenvalue weighted by molar-refractivity contribution is 7.98. The third-order valence-corrected chi connectivity index (χ3v) is 5.85. The summed E-state index contributed by atoms with van der Waals surface area (Å²) < 4.78 is 0. The zero-order valence-corrected chi connectivity index (χ0v) is 22.1. The zero-order chi connectivity index (χ0) is 26.3. The fraction of sp³-hybridized carbons (Fsp3) is 0.826. The molecule has 34 heavy (non-hydrogen) atoms. The molecule has 0 bridgehead atoms. The maximum atomic E-state index is 13.1. The molecule has 0 rings (SSSR count). The van der Waals surface area contributed by atoms with Crippen molar-refractivity contribution in [2.75, 3.05) is 18.6 Å². The maximum Gasteiger partial charge on any atom is 0.326 e. The van der Waals surface area contributed by atoms with E-state index >= 15 is 0 Å². The molecular weight excluding hydrogens is 458 g/mol. The van der Waals surface area contributed by atoms with Crippen LogP contribution in [0.5, 0.6) is 0 Å². The Morgan fingerprint density at radius 1 is 0.794 bits per heavy atom. The summed E-state index contributed by atoms with van der Waals surface area (Å²) in [7, 11) is 0. The van der Waals surface area contributed by atoms with Crippen LogP contribution in [0.3, 0.4) is 0 Å². The number of amides is 3. The summed E-state index contributed by atoms with van der Waals surface area (Å²) in [6, 6.07) is -3.58. The lowest BCUT2D eigenvalue weighted by Gasteiger charge is -2.26. The molecule has 0 spiro atoms. The molecule has 0 aromatic carbocycles. The minimum atomic E-state index is -1.12. The molecule has 8 N–H and O–H groups in total. The quantitative estimate of drug-likeness (QED) is 0.149. The molecule has 0 heterocycles. The van der Waals surface area contributed by atoms with Crippen LogP contribution in [0.15, 0.2) is 0 Å². The van der Waals surface area contributed by atoms with E-state index in [0.717, 1.165) is 0 Å². The van der Waals surface area contributed by atoms with Crippen molar-refractivity contribution >= 4 is 35.5 Å². The van der Waals surface area contributed by atoms with Gasteiger partial charge in [-0.25, -0.2) is 4.79 Å². The molecule has 3 amide bonds. The Balaban J connectivity index is 5.46. The van der Waals surface area contributed by atoms with E-state index in [-0.39, 0.29) is 18.3 Å². The van der Waals surface area contributed by atoms with Crippen LogP contribution in [0.2, 0.25) is 0 Å². The third kappa shape index (κ3) is 13.8. The second kappa shape index (κ2) is 17.6. The SMILES string of the molecule is CSCCC(NC(=O)C(CC(C)C)NC(=O)C(CCCCN)NC(=O)C(N)CC(C)C)C(=O)O. The van der Waals surface area contributed by atoms with Crippen molar-refractivity contribution in [3.8, 4) is 0 Å². The second-order valence-corrected chi connectivity index (χ2v) is 10.4. The van der Waals surface area contributed by atoms with Crippen LogP contribution in [-0.4, -0.2) is 71.5 Å². The molecule has 10 nitrogen and oxygen atoms in total. The average Bonchev–Trinajstić information content (AvgIpc) is 2.74. The molecule has 198 valence electrons. The van der Waals surface area contributed by atoms with Gasteiger partial charge in [-0.15, -0.1) is 0 Å². The first-order valence-corrected chi connectivity index (χ1v) is 13.4. The van der Waals surface area contributed by atoms with Gasteiger partial charge in [0.05, 0.1) is 6.04 Å². The third-order valence-electron chi connectivity index (χ3n) is 5.21. The second-order valence-electron chi connectivity index (χ2n) is 9.45. The Morgan fingerprint density at radius 3 is 1.82 bits per heavy atom. The summed E-state index contributed by atoms with van der Waals surface area (Å²) in [5.41, 5.74) is 11.5. The molecule has 0 radical (unpaired) electrons. The summed E-state index contributed by atoms with van der Waals surface area (Å²) in [5.74, 6) is -1.74. The number of carboxylic acid groups (broad SMARTS) is 1. The highest BCUT2D eigenvalue weighted by Crippen LogP contribution is 2.10. The van der Waals surface area contributed by atoms with Gasteiger partial charge >= 0.3 is 5.97 Å². The summed E-state index contributed by atoms with van der Waals surface area (Å²) in [6.45, 7) is 8.18. The fourth-order valence-corrected chi connectivity index (χ4v) is 3.87. The number of unbranched alkanes of at least 4 members (excludes halogenated alkanes) is 1. The smallest absolute Gasteiger partial charge is 0.326 e. The topological polar surface area (TPSA) is 177 Å². The molecule has 0 saturated heterocycles. The number of thioether (sulfide) groups is 1. The van der Waals surface area contributed by atoms with E-state index in [4.69, 9.17) is 11.5 Å². The van der Waals surface area contributed by atoms with Gasteiger partial charge in [0, 0.05) is 0 Å². The Bertz CT molecular complexity index is 647.